The second-order valence-electron chi connectivity index (χ2n) is 9.78. The lowest BCUT2D eigenvalue weighted by Crippen LogP contribution is -2.55. The number of nitrogens with zero attached hydrogens (tertiary/aromatic N) is 2. The smallest absolute Gasteiger partial charge is 0.404 e. The van der Waals surface area contributed by atoms with Gasteiger partial charge in [-0.1, -0.05) is 61.2 Å². The van der Waals surface area contributed by atoms with E-state index in [1.807, 2.05) is 48.5 Å². The molecule has 1 aliphatic rings. The van der Waals surface area contributed by atoms with Crippen LogP contribution in [0.1, 0.15) is 34.8 Å². The second-order valence-corrected chi connectivity index (χ2v) is 9.78. The molecule has 0 spiro atoms. The van der Waals surface area contributed by atoms with E-state index in [4.69, 9.17) is 10.8 Å². The molecule has 3 aromatic rings. The molecule has 0 aliphatic carbocycles. The number of likely N-dealkylation sites (N-methyl/N-ethyl adjacent to an activating group) is 1. The first-order valence-electron chi connectivity index (χ1n) is 13.9. The molecule has 1 fully saturated rings. The van der Waals surface area contributed by atoms with Crippen LogP contribution in [-0.4, -0.2) is 52.8 Å². The van der Waals surface area contributed by atoms with Gasteiger partial charge in [0.05, 0.1) is 17.9 Å². The number of alkyl halides is 3. The fourth-order valence-corrected chi connectivity index (χ4v) is 4.24. The lowest BCUT2D eigenvalue weighted by atomic mass is 9.97. The minimum absolute atomic E-state index is 0.0716. The highest BCUT2D eigenvalue weighted by Crippen LogP contribution is 2.30. The highest BCUT2D eigenvalue weighted by Gasteiger charge is 2.37. The molecule has 1 saturated heterocycles. The summed E-state index contributed by atoms with van der Waals surface area (Å²) in [6.07, 6.45) is -3.18. The third kappa shape index (κ3) is 9.63. The van der Waals surface area contributed by atoms with Gasteiger partial charge in [0.2, 0.25) is 5.91 Å². The molecule has 1 heterocycles. The maximum absolute atomic E-state index is 13.0. The fraction of sp³-hybridized carbons (Fsp3) is 0.212. The average molecular weight is 622 g/mol. The number of aliphatic hydroxyl groups excluding tert-OH is 1. The number of hydrogen-bond acceptors (Lipinski definition) is 6. The molecule has 5 N–H and O–H groups in total. The Kier molecular flexibility index (Phi) is 12.2. The molecule has 1 atom stereocenters. The van der Waals surface area contributed by atoms with Crippen LogP contribution in [0.2, 0.25) is 0 Å². The lowest BCUT2D eigenvalue weighted by molar-refractivity contribution is -0.137. The number of carbonyl (C=O) groups excluding carboxylic acids is 3. The summed E-state index contributed by atoms with van der Waals surface area (Å²) in [4.78, 5) is 42.7. The molecule has 0 radical (unpaired) electrons. The molecule has 0 bridgehead atoms. The fourth-order valence-electron chi connectivity index (χ4n) is 4.24. The number of hydrogen-bond donors (Lipinski definition) is 4. The van der Waals surface area contributed by atoms with Crippen molar-refractivity contribution >= 4 is 29.2 Å². The molecule has 45 heavy (non-hydrogen) atoms. The summed E-state index contributed by atoms with van der Waals surface area (Å²) in [5.74, 6) is -1.12. The van der Waals surface area contributed by atoms with Gasteiger partial charge in [-0.2, -0.15) is 13.2 Å². The van der Waals surface area contributed by atoms with Crippen molar-refractivity contribution in [2.24, 2.45) is 10.7 Å². The predicted molar refractivity (Wildman–Crippen MR) is 165 cm³/mol. The molecule has 1 unspecified atom stereocenters. The zero-order chi connectivity index (χ0) is 33.0. The van der Waals surface area contributed by atoms with Crippen LogP contribution < -0.4 is 16.4 Å². The topological polar surface area (TPSA) is 137 Å². The molecule has 0 aromatic heterocycles. The molecule has 3 aromatic carbocycles. The van der Waals surface area contributed by atoms with Crippen molar-refractivity contribution in [1.82, 2.24) is 15.5 Å². The van der Waals surface area contributed by atoms with Gasteiger partial charge in [-0.25, -0.2) is 4.99 Å². The Bertz CT molecular complexity index is 1560. The number of amides is 3. The van der Waals surface area contributed by atoms with Crippen LogP contribution >= 0.6 is 0 Å². The number of piperidine rings is 1. The zero-order valence-electron chi connectivity index (χ0n) is 24.6. The molecule has 1 aliphatic heterocycles. The average Bonchev–Trinajstić information content (AvgIpc) is 3.05. The number of aliphatic imine (C=N–C) groups is 1. The predicted octanol–water partition coefficient (Wildman–Crippen LogP) is 4.48. The van der Waals surface area contributed by atoms with E-state index in [9.17, 15) is 27.6 Å². The number of halogens is 3. The molecule has 9 nitrogen and oxygen atoms in total. The summed E-state index contributed by atoms with van der Waals surface area (Å²) in [5.41, 5.74) is 7.01. The molecule has 3 amide bonds. The summed E-state index contributed by atoms with van der Waals surface area (Å²) in [7, 11) is 0. The van der Waals surface area contributed by atoms with Crippen molar-refractivity contribution in [2.45, 2.75) is 32.1 Å². The van der Waals surface area contributed by atoms with Crippen LogP contribution in [0.25, 0.3) is 0 Å². The summed E-state index contributed by atoms with van der Waals surface area (Å²) in [6, 6.07) is 21.6. The van der Waals surface area contributed by atoms with E-state index in [0.717, 1.165) is 23.8 Å². The van der Waals surface area contributed by atoms with Gasteiger partial charge >= 0.3 is 6.18 Å². The standard InChI is InChI=1S/C22H21F3N4O2.C11H13NO2/c1-2-29-19(27-17-9-4-3-5-10-17)15(13-26)12-18(21(29)31)28-20(30)14-7-6-8-16(11-14)22(23,24)25;1-9(8-13)11(14)12-7-10-5-3-2-4-6-10/h3-11,13,18H,2,12,26H2,1H3,(H,28,30);2-6,13H,1,7-8H2,(H,12,14)/b15-13-,27-19?;. The van der Waals surface area contributed by atoms with Crippen molar-refractivity contribution in [3.8, 4) is 0 Å². The number of benzene rings is 3. The van der Waals surface area contributed by atoms with E-state index in [-0.39, 0.29) is 36.6 Å². The number of likely N-dealkylation sites (tertiary alicyclic amines) is 1. The van der Waals surface area contributed by atoms with Crippen LogP contribution in [-0.2, 0) is 22.3 Å². The summed E-state index contributed by atoms with van der Waals surface area (Å²) >= 11 is 0. The van der Waals surface area contributed by atoms with E-state index in [2.05, 4.69) is 22.2 Å². The van der Waals surface area contributed by atoms with E-state index >= 15 is 0 Å². The largest absolute Gasteiger partial charge is 0.416 e. The van der Waals surface area contributed by atoms with Crippen LogP contribution in [0, 0.1) is 0 Å². The number of aliphatic hydroxyl groups is 1. The van der Waals surface area contributed by atoms with Crippen molar-refractivity contribution in [3.63, 3.8) is 0 Å². The van der Waals surface area contributed by atoms with E-state index < -0.39 is 29.6 Å². The Balaban J connectivity index is 0.000000330. The maximum atomic E-state index is 13.0. The molecular formula is C33H34F3N5O4. The monoisotopic (exact) mass is 621 g/mol. The number of para-hydroxylation sites is 1. The third-order valence-electron chi connectivity index (χ3n) is 6.60. The molecule has 236 valence electrons. The first-order chi connectivity index (χ1) is 21.5. The van der Waals surface area contributed by atoms with Crippen LogP contribution in [0.5, 0.6) is 0 Å². The minimum Gasteiger partial charge on any atom is -0.404 e. The third-order valence-corrected chi connectivity index (χ3v) is 6.60. The van der Waals surface area contributed by atoms with Gasteiger partial charge in [0.15, 0.2) is 0 Å². The van der Waals surface area contributed by atoms with Gasteiger partial charge in [-0.15, -0.1) is 0 Å². The lowest BCUT2D eigenvalue weighted by Gasteiger charge is -2.34. The number of nitrogens with two attached hydrogens (primary N) is 1. The Labute approximate surface area is 259 Å². The van der Waals surface area contributed by atoms with Gasteiger partial charge < -0.3 is 21.5 Å². The van der Waals surface area contributed by atoms with Crippen LogP contribution in [0.15, 0.2) is 114 Å². The molecule has 12 heteroatoms. The first kappa shape index (κ1) is 34.3. The maximum Gasteiger partial charge on any atom is 0.416 e. The highest BCUT2D eigenvalue weighted by atomic mass is 19.4. The van der Waals surface area contributed by atoms with E-state index in [0.29, 0.717) is 23.6 Å². The van der Waals surface area contributed by atoms with Crippen molar-refractivity contribution in [2.75, 3.05) is 13.2 Å². The van der Waals surface area contributed by atoms with Crippen molar-refractivity contribution in [3.05, 3.63) is 126 Å². The quantitative estimate of drug-likeness (QED) is 0.275. The minimum atomic E-state index is -4.58. The summed E-state index contributed by atoms with van der Waals surface area (Å²) < 4.78 is 38.8. The normalized spacial score (nSPS) is 16.5. The van der Waals surface area contributed by atoms with Gasteiger partial charge in [0.1, 0.15) is 11.9 Å². The SMILES string of the molecule is C=C(CO)C(=O)NCc1ccccc1.CCN1C(=O)C(NC(=O)c2cccc(C(F)(F)F)c2)C/C(=C/N)C1=Nc1ccccc1. The van der Waals surface area contributed by atoms with Crippen molar-refractivity contribution < 1.29 is 32.7 Å². The number of rotatable bonds is 8. The van der Waals surface area contributed by atoms with E-state index in [1.165, 1.54) is 17.2 Å². The van der Waals surface area contributed by atoms with Crippen LogP contribution in [0.3, 0.4) is 0 Å². The Morgan fingerprint density at radius 2 is 1.71 bits per heavy atom. The summed E-state index contributed by atoms with van der Waals surface area (Å²) in [5, 5.41) is 13.8. The molecule has 4 rings (SSSR count). The first-order valence-corrected chi connectivity index (χ1v) is 13.9. The van der Waals surface area contributed by atoms with Gasteiger partial charge in [0, 0.05) is 42.4 Å². The number of nitrogens with one attached hydrogen (secondary N) is 2. The number of carbonyl (C=O) groups is 3. The van der Waals surface area contributed by atoms with Gasteiger partial charge in [-0.05, 0) is 42.8 Å². The summed E-state index contributed by atoms with van der Waals surface area (Å²) in [6.45, 7) is 5.60. The Morgan fingerprint density at radius 3 is 2.29 bits per heavy atom. The molecular weight excluding hydrogens is 587 g/mol. The van der Waals surface area contributed by atoms with Gasteiger partial charge in [-0.3, -0.25) is 19.3 Å². The second kappa shape index (κ2) is 16.0. The number of amidine groups is 1. The van der Waals surface area contributed by atoms with Crippen LogP contribution in [0.4, 0.5) is 18.9 Å². The Hall–Kier alpha value is -5.23. The Morgan fingerprint density at radius 1 is 1.07 bits per heavy atom. The van der Waals surface area contributed by atoms with E-state index in [1.54, 1.807) is 19.1 Å². The highest BCUT2D eigenvalue weighted by molar-refractivity contribution is 6.13. The van der Waals surface area contributed by atoms with Crippen molar-refractivity contribution in [1.29, 1.82) is 0 Å². The molecule has 0 saturated carbocycles. The van der Waals surface area contributed by atoms with Gasteiger partial charge in [0.25, 0.3) is 11.8 Å². The zero-order valence-corrected chi connectivity index (χ0v) is 24.6.